The first kappa shape index (κ1) is 13.3. The summed E-state index contributed by atoms with van der Waals surface area (Å²) in [5.74, 6) is -0.656. The Morgan fingerprint density at radius 3 is 2.53 bits per heavy atom. The van der Waals surface area contributed by atoms with Crippen LogP contribution in [0.15, 0.2) is 12.1 Å². The lowest BCUT2D eigenvalue weighted by Crippen LogP contribution is -2.33. The average Bonchev–Trinajstić information content (AvgIpc) is 2.58. The first-order chi connectivity index (χ1) is 8.84. The summed E-state index contributed by atoms with van der Waals surface area (Å²) in [6, 6.07) is 3.13. The number of carbonyl (C=O) groups is 3. The van der Waals surface area contributed by atoms with Gasteiger partial charge in [0.2, 0.25) is 5.91 Å². The Labute approximate surface area is 111 Å². The normalized spacial score (nSPS) is 16.2. The van der Waals surface area contributed by atoms with E-state index in [9.17, 15) is 14.4 Å². The smallest absolute Gasteiger partial charge is 0.338 e. The fraction of sp³-hybridized carbons (Fsp3) is 0.357. The van der Waals surface area contributed by atoms with E-state index in [2.05, 4.69) is 4.74 Å². The van der Waals surface area contributed by atoms with Crippen LogP contribution in [-0.4, -0.2) is 32.3 Å². The number of benzene rings is 1. The molecule has 2 rings (SSSR count). The van der Waals surface area contributed by atoms with E-state index in [0.717, 1.165) is 5.56 Å². The van der Waals surface area contributed by atoms with Crippen LogP contribution in [0.1, 0.15) is 40.1 Å². The molecule has 1 aromatic rings. The van der Waals surface area contributed by atoms with Gasteiger partial charge in [0.25, 0.3) is 0 Å². The number of fused-ring (bicyclic) bond motifs is 1. The van der Waals surface area contributed by atoms with Crippen molar-refractivity contribution in [3.63, 3.8) is 0 Å². The predicted molar refractivity (Wildman–Crippen MR) is 69.6 cm³/mol. The lowest BCUT2D eigenvalue weighted by Gasteiger charge is -2.16. The van der Waals surface area contributed by atoms with Crippen LogP contribution in [0.3, 0.4) is 0 Å². The number of aldehydes is 1. The lowest BCUT2D eigenvalue weighted by atomic mass is 9.84. The highest BCUT2D eigenvalue weighted by atomic mass is 16.5. The molecule has 1 amide bonds. The standard InChI is InChI=1S/C14H15NO4/c1-14(2)10-5-8(7-16)9(12(17)19-4)6-11(10)15(3)13(14)18/h5-7H,1-4H3. The van der Waals surface area contributed by atoms with Crippen molar-refractivity contribution in [1.82, 2.24) is 0 Å². The molecule has 1 aliphatic rings. The molecule has 0 spiro atoms. The molecule has 0 unspecified atom stereocenters. The summed E-state index contributed by atoms with van der Waals surface area (Å²) in [6.07, 6.45) is 0.603. The van der Waals surface area contributed by atoms with Gasteiger partial charge in [0.1, 0.15) is 0 Å². The molecule has 5 heteroatoms. The van der Waals surface area contributed by atoms with Crippen LogP contribution in [0, 0.1) is 0 Å². The van der Waals surface area contributed by atoms with Gasteiger partial charge in [-0.2, -0.15) is 0 Å². The van der Waals surface area contributed by atoms with Crippen LogP contribution in [0.25, 0.3) is 0 Å². The van der Waals surface area contributed by atoms with E-state index in [1.807, 2.05) is 0 Å². The molecule has 100 valence electrons. The summed E-state index contributed by atoms with van der Waals surface area (Å²) in [4.78, 5) is 36.4. The van der Waals surface area contributed by atoms with Gasteiger partial charge in [-0.1, -0.05) is 0 Å². The van der Waals surface area contributed by atoms with Crippen molar-refractivity contribution in [2.45, 2.75) is 19.3 Å². The van der Waals surface area contributed by atoms with Crippen molar-refractivity contribution in [2.24, 2.45) is 0 Å². The number of esters is 1. The molecule has 1 aromatic carbocycles. The van der Waals surface area contributed by atoms with Gasteiger partial charge in [-0.25, -0.2) is 4.79 Å². The maximum absolute atomic E-state index is 12.2. The average molecular weight is 261 g/mol. The highest BCUT2D eigenvalue weighted by Gasteiger charge is 2.43. The van der Waals surface area contributed by atoms with Crippen molar-refractivity contribution >= 4 is 23.9 Å². The maximum Gasteiger partial charge on any atom is 0.338 e. The van der Waals surface area contributed by atoms with Gasteiger partial charge in [0.05, 0.1) is 18.1 Å². The highest BCUT2D eigenvalue weighted by molar-refractivity contribution is 6.10. The Morgan fingerprint density at radius 1 is 1.37 bits per heavy atom. The second-order valence-electron chi connectivity index (χ2n) is 5.06. The zero-order valence-corrected chi connectivity index (χ0v) is 11.3. The van der Waals surface area contributed by atoms with E-state index in [0.29, 0.717) is 12.0 Å². The van der Waals surface area contributed by atoms with Crippen LogP contribution in [-0.2, 0) is 14.9 Å². The largest absolute Gasteiger partial charge is 0.465 e. The predicted octanol–water partition coefficient (Wildman–Crippen LogP) is 1.54. The van der Waals surface area contributed by atoms with E-state index in [1.54, 1.807) is 27.0 Å². The molecule has 1 aliphatic heterocycles. The van der Waals surface area contributed by atoms with Gasteiger partial charge in [-0.15, -0.1) is 0 Å². The number of carbonyl (C=O) groups excluding carboxylic acids is 3. The van der Waals surface area contributed by atoms with E-state index < -0.39 is 11.4 Å². The molecule has 0 fully saturated rings. The van der Waals surface area contributed by atoms with Crippen LogP contribution in [0.4, 0.5) is 5.69 Å². The zero-order valence-electron chi connectivity index (χ0n) is 11.3. The molecule has 0 saturated carbocycles. The van der Waals surface area contributed by atoms with Gasteiger partial charge in [-0.05, 0) is 31.5 Å². The summed E-state index contributed by atoms with van der Waals surface area (Å²) < 4.78 is 4.65. The first-order valence-corrected chi connectivity index (χ1v) is 5.84. The number of methoxy groups -OCH3 is 1. The number of nitrogens with zero attached hydrogens (tertiary/aromatic N) is 1. The number of rotatable bonds is 2. The number of anilines is 1. The molecule has 19 heavy (non-hydrogen) atoms. The van der Waals surface area contributed by atoms with E-state index in [-0.39, 0.29) is 17.0 Å². The fourth-order valence-electron chi connectivity index (χ4n) is 2.41. The summed E-state index contributed by atoms with van der Waals surface area (Å²) in [7, 11) is 2.90. The van der Waals surface area contributed by atoms with Gasteiger partial charge in [0, 0.05) is 18.3 Å². The Kier molecular flexibility index (Phi) is 2.92. The Balaban J connectivity index is 2.72. The van der Waals surface area contributed by atoms with Gasteiger partial charge < -0.3 is 9.64 Å². The third-order valence-electron chi connectivity index (χ3n) is 3.57. The van der Waals surface area contributed by atoms with Gasteiger partial charge in [0.15, 0.2) is 6.29 Å². The summed E-state index contributed by atoms with van der Waals surface area (Å²) in [5.41, 5.74) is 1.10. The minimum Gasteiger partial charge on any atom is -0.465 e. The molecule has 0 bridgehead atoms. The minimum absolute atomic E-state index is 0.0682. The number of amides is 1. The molecule has 0 N–H and O–H groups in total. The molecule has 0 aromatic heterocycles. The monoisotopic (exact) mass is 261 g/mol. The quantitative estimate of drug-likeness (QED) is 0.598. The van der Waals surface area contributed by atoms with E-state index >= 15 is 0 Å². The number of hydrogen-bond donors (Lipinski definition) is 0. The van der Waals surface area contributed by atoms with Crippen LogP contribution in [0.2, 0.25) is 0 Å². The molecule has 0 atom stereocenters. The van der Waals surface area contributed by atoms with Crippen molar-refractivity contribution in [2.75, 3.05) is 19.1 Å². The molecule has 0 radical (unpaired) electrons. The summed E-state index contributed by atoms with van der Waals surface area (Å²) in [6.45, 7) is 3.59. The van der Waals surface area contributed by atoms with Crippen molar-refractivity contribution < 1.29 is 19.1 Å². The first-order valence-electron chi connectivity index (χ1n) is 5.84. The number of hydrogen-bond acceptors (Lipinski definition) is 4. The van der Waals surface area contributed by atoms with E-state index in [4.69, 9.17) is 0 Å². The molecular formula is C14H15NO4. The second-order valence-corrected chi connectivity index (χ2v) is 5.06. The third-order valence-corrected chi connectivity index (χ3v) is 3.57. The van der Waals surface area contributed by atoms with Crippen LogP contribution < -0.4 is 4.90 Å². The van der Waals surface area contributed by atoms with Crippen molar-refractivity contribution in [1.29, 1.82) is 0 Å². The summed E-state index contributed by atoms with van der Waals surface area (Å²) in [5, 5.41) is 0. The van der Waals surface area contributed by atoms with Crippen LogP contribution >= 0.6 is 0 Å². The van der Waals surface area contributed by atoms with Gasteiger partial charge >= 0.3 is 5.97 Å². The van der Waals surface area contributed by atoms with E-state index in [1.165, 1.54) is 18.1 Å². The van der Waals surface area contributed by atoms with Crippen molar-refractivity contribution in [3.05, 3.63) is 28.8 Å². The molecule has 1 heterocycles. The number of ether oxygens (including phenoxy) is 1. The minimum atomic E-state index is -0.698. The number of likely N-dealkylation sites (N-methyl/N-ethyl adjacent to an activating group) is 1. The summed E-state index contributed by atoms with van der Waals surface area (Å²) >= 11 is 0. The van der Waals surface area contributed by atoms with Crippen molar-refractivity contribution in [3.8, 4) is 0 Å². The highest BCUT2D eigenvalue weighted by Crippen LogP contribution is 2.41. The van der Waals surface area contributed by atoms with Gasteiger partial charge in [-0.3, -0.25) is 9.59 Å². The Hall–Kier alpha value is -2.17. The molecule has 5 nitrogen and oxygen atoms in total. The lowest BCUT2D eigenvalue weighted by molar-refractivity contribution is -0.121. The Bertz CT molecular complexity index is 589. The molecule has 0 aliphatic carbocycles. The zero-order chi connectivity index (χ0) is 14.4. The Morgan fingerprint density at radius 2 is 2.00 bits per heavy atom. The molecule has 0 saturated heterocycles. The van der Waals surface area contributed by atoms with Crippen LogP contribution in [0.5, 0.6) is 0 Å². The maximum atomic E-state index is 12.2. The SMILES string of the molecule is COC(=O)c1cc2c(cc1C=O)C(C)(C)C(=O)N2C. The topological polar surface area (TPSA) is 63.7 Å². The molecular weight excluding hydrogens is 246 g/mol. The second kappa shape index (κ2) is 4.19. The fourth-order valence-corrected chi connectivity index (χ4v) is 2.41. The third kappa shape index (κ3) is 1.73.